The Balaban J connectivity index is 1.93. The third-order valence-electron chi connectivity index (χ3n) is 3.33. The Bertz CT molecular complexity index is 418. The quantitative estimate of drug-likeness (QED) is 0.741. The number of methoxy groups -OCH3 is 1. The van der Waals surface area contributed by atoms with E-state index in [0.717, 1.165) is 25.1 Å². The normalized spacial score (nSPS) is 26.7. The summed E-state index contributed by atoms with van der Waals surface area (Å²) in [6, 6.07) is 6.35. The molecule has 0 bridgehead atoms. The largest absolute Gasteiger partial charge is 0.497 e. The zero-order valence-corrected chi connectivity index (χ0v) is 8.79. The second-order valence-corrected chi connectivity index (χ2v) is 4.38. The number of fused-ring (bicyclic) bond motifs is 1. The van der Waals surface area contributed by atoms with Gasteiger partial charge in [0.25, 0.3) is 0 Å². The van der Waals surface area contributed by atoms with Crippen LogP contribution in [0.3, 0.4) is 0 Å². The third kappa shape index (κ3) is 1.30. The molecule has 0 saturated carbocycles. The van der Waals surface area contributed by atoms with Gasteiger partial charge < -0.3 is 10.1 Å². The van der Waals surface area contributed by atoms with Crippen LogP contribution in [0.5, 0.6) is 5.75 Å². The molecular formula is C12H14N2O. The fourth-order valence-corrected chi connectivity index (χ4v) is 2.52. The van der Waals surface area contributed by atoms with Gasteiger partial charge in [-0.15, -0.1) is 0 Å². The molecule has 1 aliphatic carbocycles. The van der Waals surface area contributed by atoms with E-state index in [9.17, 15) is 0 Å². The number of ether oxygens (including phenoxy) is 1. The molecule has 2 aliphatic rings. The minimum atomic E-state index is 0.161. The van der Waals surface area contributed by atoms with Crippen molar-refractivity contribution in [1.82, 2.24) is 5.32 Å². The van der Waals surface area contributed by atoms with Crippen LogP contribution in [0, 0.1) is 0 Å². The molecule has 1 unspecified atom stereocenters. The van der Waals surface area contributed by atoms with Gasteiger partial charge in [-0.3, -0.25) is 4.99 Å². The smallest absolute Gasteiger partial charge is 0.119 e. The fourth-order valence-electron chi connectivity index (χ4n) is 2.52. The van der Waals surface area contributed by atoms with E-state index in [2.05, 4.69) is 22.4 Å². The highest BCUT2D eigenvalue weighted by atomic mass is 16.5. The Morgan fingerprint density at radius 3 is 2.93 bits per heavy atom. The summed E-state index contributed by atoms with van der Waals surface area (Å²) in [5, 5.41) is 3.38. The van der Waals surface area contributed by atoms with E-state index in [-0.39, 0.29) is 5.54 Å². The predicted octanol–water partition coefficient (Wildman–Crippen LogP) is 1.16. The minimum absolute atomic E-state index is 0.161. The van der Waals surface area contributed by atoms with Crippen molar-refractivity contribution >= 4 is 6.34 Å². The van der Waals surface area contributed by atoms with Crippen molar-refractivity contribution in [3.05, 3.63) is 29.3 Å². The van der Waals surface area contributed by atoms with E-state index < -0.39 is 0 Å². The highest BCUT2D eigenvalue weighted by molar-refractivity contribution is 5.61. The summed E-state index contributed by atoms with van der Waals surface area (Å²) in [4.78, 5) is 4.28. The summed E-state index contributed by atoms with van der Waals surface area (Å²) in [7, 11) is 1.71. The summed E-state index contributed by atoms with van der Waals surface area (Å²) in [6.07, 6.45) is 3.97. The molecule has 1 aromatic carbocycles. The molecule has 1 spiro atoms. The van der Waals surface area contributed by atoms with Crippen LogP contribution in [-0.2, 0) is 12.8 Å². The van der Waals surface area contributed by atoms with E-state index >= 15 is 0 Å². The summed E-state index contributed by atoms with van der Waals surface area (Å²) in [5.41, 5.74) is 2.98. The van der Waals surface area contributed by atoms with E-state index in [0.29, 0.717) is 0 Å². The van der Waals surface area contributed by atoms with Gasteiger partial charge in [0.05, 0.1) is 25.5 Å². The molecule has 0 radical (unpaired) electrons. The molecule has 1 N–H and O–H groups in total. The van der Waals surface area contributed by atoms with Crippen LogP contribution in [0.2, 0.25) is 0 Å². The van der Waals surface area contributed by atoms with Crippen LogP contribution >= 0.6 is 0 Å². The summed E-state index contributed by atoms with van der Waals surface area (Å²) >= 11 is 0. The standard InChI is InChI=1S/C12H14N2O/c1-15-11-3-2-9-5-12(6-10(9)4-11)7-13-8-14-12/h2-4,8H,5-7H2,1H3,(H,13,14). The Hall–Kier alpha value is -1.51. The number of aliphatic imine (C=N–C) groups is 1. The van der Waals surface area contributed by atoms with Gasteiger partial charge in [-0.2, -0.15) is 0 Å². The maximum absolute atomic E-state index is 5.24. The number of rotatable bonds is 1. The van der Waals surface area contributed by atoms with E-state index in [1.165, 1.54) is 11.1 Å². The van der Waals surface area contributed by atoms with Crippen molar-refractivity contribution in [2.24, 2.45) is 4.99 Å². The number of benzene rings is 1. The SMILES string of the molecule is COc1ccc2c(c1)CC1(CN=CN1)C2. The lowest BCUT2D eigenvalue weighted by atomic mass is 9.97. The molecule has 78 valence electrons. The van der Waals surface area contributed by atoms with Crippen LogP contribution in [0.4, 0.5) is 0 Å². The van der Waals surface area contributed by atoms with E-state index in [1.807, 2.05) is 12.4 Å². The molecule has 1 heterocycles. The lowest BCUT2D eigenvalue weighted by Gasteiger charge is -2.21. The fraction of sp³-hybridized carbons (Fsp3) is 0.417. The van der Waals surface area contributed by atoms with Gasteiger partial charge in [0.15, 0.2) is 0 Å². The average Bonchev–Trinajstić information content (AvgIpc) is 2.84. The molecule has 3 nitrogen and oxygen atoms in total. The van der Waals surface area contributed by atoms with Gasteiger partial charge >= 0.3 is 0 Å². The Morgan fingerprint density at radius 1 is 1.33 bits per heavy atom. The third-order valence-corrected chi connectivity index (χ3v) is 3.33. The average molecular weight is 202 g/mol. The van der Waals surface area contributed by atoms with Crippen molar-refractivity contribution in [3.8, 4) is 5.75 Å². The van der Waals surface area contributed by atoms with E-state index in [4.69, 9.17) is 4.74 Å². The topological polar surface area (TPSA) is 33.6 Å². The summed E-state index contributed by atoms with van der Waals surface area (Å²) in [5.74, 6) is 0.949. The van der Waals surface area contributed by atoms with Gasteiger partial charge in [-0.1, -0.05) is 6.07 Å². The molecular weight excluding hydrogens is 188 g/mol. The molecule has 15 heavy (non-hydrogen) atoms. The monoisotopic (exact) mass is 202 g/mol. The van der Waals surface area contributed by atoms with Crippen LogP contribution in [0.15, 0.2) is 23.2 Å². The molecule has 0 amide bonds. The maximum atomic E-state index is 5.24. The first-order valence-corrected chi connectivity index (χ1v) is 5.23. The van der Waals surface area contributed by atoms with Crippen molar-refractivity contribution in [3.63, 3.8) is 0 Å². The number of hydrogen-bond donors (Lipinski definition) is 1. The van der Waals surface area contributed by atoms with Crippen LogP contribution < -0.4 is 10.1 Å². The van der Waals surface area contributed by atoms with Gasteiger partial charge in [-0.25, -0.2) is 0 Å². The summed E-state index contributed by atoms with van der Waals surface area (Å²) in [6.45, 7) is 0.893. The highest BCUT2D eigenvalue weighted by Gasteiger charge is 2.38. The Labute approximate surface area is 89.2 Å². The van der Waals surface area contributed by atoms with Crippen LogP contribution in [0.1, 0.15) is 11.1 Å². The van der Waals surface area contributed by atoms with Gasteiger partial charge in [0.1, 0.15) is 5.75 Å². The molecule has 3 heteroatoms. The zero-order chi connectivity index (χ0) is 10.3. The number of hydrogen-bond acceptors (Lipinski definition) is 3. The maximum Gasteiger partial charge on any atom is 0.119 e. The van der Waals surface area contributed by atoms with Gasteiger partial charge in [0.2, 0.25) is 0 Å². The van der Waals surface area contributed by atoms with Crippen LogP contribution in [0.25, 0.3) is 0 Å². The van der Waals surface area contributed by atoms with Gasteiger partial charge in [-0.05, 0) is 36.1 Å². The lowest BCUT2D eigenvalue weighted by Crippen LogP contribution is -2.43. The first-order chi connectivity index (χ1) is 7.31. The van der Waals surface area contributed by atoms with Crippen molar-refractivity contribution in [2.45, 2.75) is 18.4 Å². The predicted molar refractivity (Wildman–Crippen MR) is 59.6 cm³/mol. The lowest BCUT2D eigenvalue weighted by molar-refractivity contribution is 0.413. The summed E-state index contributed by atoms with van der Waals surface area (Å²) < 4.78 is 5.24. The van der Waals surface area contributed by atoms with Crippen molar-refractivity contribution in [1.29, 1.82) is 0 Å². The first-order valence-electron chi connectivity index (χ1n) is 5.23. The Morgan fingerprint density at radius 2 is 2.20 bits per heavy atom. The van der Waals surface area contributed by atoms with Gasteiger partial charge in [0, 0.05) is 0 Å². The zero-order valence-electron chi connectivity index (χ0n) is 8.79. The van der Waals surface area contributed by atoms with Crippen molar-refractivity contribution < 1.29 is 4.74 Å². The molecule has 0 saturated heterocycles. The molecule has 1 atom stereocenters. The molecule has 0 aromatic heterocycles. The second-order valence-electron chi connectivity index (χ2n) is 4.38. The Kier molecular flexibility index (Phi) is 1.75. The first kappa shape index (κ1) is 8.77. The molecule has 1 aromatic rings. The van der Waals surface area contributed by atoms with Crippen molar-refractivity contribution in [2.75, 3.05) is 13.7 Å². The van der Waals surface area contributed by atoms with Crippen LogP contribution in [-0.4, -0.2) is 25.5 Å². The molecule has 0 fully saturated rings. The van der Waals surface area contributed by atoms with E-state index in [1.54, 1.807) is 7.11 Å². The number of nitrogens with zero attached hydrogens (tertiary/aromatic N) is 1. The molecule has 3 rings (SSSR count). The second kappa shape index (κ2) is 2.99. The highest BCUT2D eigenvalue weighted by Crippen LogP contribution is 2.33. The molecule has 1 aliphatic heterocycles. The minimum Gasteiger partial charge on any atom is -0.497 e. The number of nitrogens with one attached hydrogen (secondary N) is 1.